The summed E-state index contributed by atoms with van der Waals surface area (Å²) in [7, 11) is 1.72. The van der Waals surface area contributed by atoms with E-state index in [9.17, 15) is 0 Å². The van der Waals surface area contributed by atoms with E-state index in [1.807, 2.05) is 0 Å². The Balaban J connectivity index is 1.72. The molecule has 3 rings (SSSR count). The van der Waals surface area contributed by atoms with Crippen LogP contribution in [0.15, 0.2) is 24.3 Å². The number of likely N-dealkylation sites (tertiary alicyclic amines) is 1. The number of nitrogens with zero attached hydrogens (tertiary/aromatic N) is 1. The minimum absolute atomic E-state index is 0.304. The average molecular weight is 288 g/mol. The number of rotatable bonds is 5. The fourth-order valence-electron chi connectivity index (χ4n) is 3.93. The number of ether oxygens (including phenoxy) is 1. The summed E-state index contributed by atoms with van der Waals surface area (Å²) >= 11 is 0. The van der Waals surface area contributed by atoms with Gasteiger partial charge in [0.25, 0.3) is 0 Å². The van der Waals surface area contributed by atoms with Crippen LogP contribution in [0.5, 0.6) is 5.75 Å². The van der Waals surface area contributed by atoms with E-state index in [-0.39, 0.29) is 0 Å². The van der Waals surface area contributed by atoms with Gasteiger partial charge in [0.15, 0.2) is 0 Å². The second-order valence-corrected chi connectivity index (χ2v) is 6.73. The molecule has 0 bridgehead atoms. The molecular formula is C18H28N2O. The van der Waals surface area contributed by atoms with Gasteiger partial charge in [-0.2, -0.15) is 0 Å². The molecule has 0 spiro atoms. The molecule has 1 saturated heterocycles. The van der Waals surface area contributed by atoms with Gasteiger partial charge in [-0.15, -0.1) is 0 Å². The number of hydrogen-bond acceptors (Lipinski definition) is 3. The number of methoxy groups -OCH3 is 1. The van der Waals surface area contributed by atoms with E-state index < -0.39 is 0 Å². The van der Waals surface area contributed by atoms with Gasteiger partial charge < -0.3 is 10.5 Å². The lowest BCUT2D eigenvalue weighted by molar-refractivity contribution is 0.116. The van der Waals surface area contributed by atoms with E-state index in [0.29, 0.717) is 12.0 Å². The van der Waals surface area contributed by atoms with Crippen molar-refractivity contribution in [1.29, 1.82) is 0 Å². The van der Waals surface area contributed by atoms with Gasteiger partial charge in [-0.3, -0.25) is 4.90 Å². The normalized spacial score (nSPS) is 28.3. The van der Waals surface area contributed by atoms with Crippen LogP contribution in [0.4, 0.5) is 0 Å². The van der Waals surface area contributed by atoms with E-state index in [2.05, 4.69) is 36.1 Å². The summed E-state index contributed by atoms with van der Waals surface area (Å²) < 4.78 is 5.26. The summed E-state index contributed by atoms with van der Waals surface area (Å²) in [6, 6.07) is 9.60. The maximum Gasteiger partial charge on any atom is 0.118 e. The van der Waals surface area contributed by atoms with Crippen LogP contribution in [0.3, 0.4) is 0 Å². The molecule has 0 amide bonds. The first-order chi connectivity index (χ1) is 10.2. The van der Waals surface area contributed by atoms with Crippen LogP contribution in [0.2, 0.25) is 0 Å². The SMILES string of the molecule is CCC(C1CC1)N1CC(N)CC(c2ccc(OC)cc2)C1. The van der Waals surface area contributed by atoms with Crippen molar-refractivity contribution in [3.8, 4) is 5.75 Å². The molecule has 1 aliphatic heterocycles. The Morgan fingerprint density at radius 1 is 1.24 bits per heavy atom. The Morgan fingerprint density at radius 2 is 1.95 bits per heavy atom. The maximum atomic E-state index is 6.36. The minimum atomic E-state index is 0.304. The summed E-state index contributed by atoms with van der Waals surface area (Å²) in [5.74, 6) is 2.42. The third kappa shape index (κ3) is 3.41. The van der Waals surface area contributed by atoms with Crippen LogP contribution in [0.25, 0.3) is 0 Å². The summed E-state index contributed by atoms with van der Waals surface area (Å²) in [6.45, 7) is 4.56. The Hall–Kier alpha value is -1.06. The molecule has 3 nitrogen and oxygen atoms in total. The van der Waals surface area contributed by atoms with E-state index in [0.717, 1.165) is 37.2 Å². The van der Waals surface area contributed by atoms with Crippen molar-refractivity contribution in [3.63, 3.8) is 0 Å². The minimum Gasteiger partial charge on any atom is -0.497 e. The molecule has 2 fully saturated rings. The van der Waals surface area contributed by atoms with Crippen molar-refractivity contribution in [2.75, 3.05) is 20.2 Å². The van der Waals surface area contributed by atoms with Crippen molar-refractivity contribution < 1.29 is 4.74 Å². The lowest BCUT2D eigenvalue weighted by atomic mass is 9.87. The Kier molecular flexibility index (Phi) is 4.51. The van der Waals surface area contributed by atoms with Crippen molar-refractivity contribution in [1.82, 2.24) is 4.90 Å². The van der Waals surface area contributed by atoms with Crippen LogP contribution in [0, 0.1) is 5.92 Å². The molecule has 1 saturated carbocycles. The largest absolute Gasteiger partial charge is 0.497 e. The first-order valence-electron chi connectivity index (χ1n) is 8.34. The Morgan fingerprint density at radius 3 is 2.52 bits per heavy atom. The Labute approximate surface area is 128 Å². The van der Waals surface area contributed by atoms with Gasteiger partial charge in [-0.05, 0) is 55.2 Å². The molecule has 3 heteroatoms. The number of piperidine rings is 1. The van der Waals surface area contributed by atoms with Crippen LogP contribution in [-0.2, 0) is 0 Å². The van der Waals surface area contributed by atoms with Crippen molar-refractivity contribution in [3.05, 3.63) is 29.8 Å². The van der Waals surface area contributed by atoms with E-state index in [1.54, 1.807) is 7.11 Å². The molecule has 1 aromatic rings. The van der Waals surface area contributed by atoms with Gasteiger partial charge in [-0.1, -0.05) is 19.1 Å². The highest BCUT2D eigenvalue weighted by molar-refractivity contribution is 5.30. The quantitative estimate of drug-likeness (QED) is 0.905. The average Bonchev–Trinajstić information content (AvgIpc) is 3.32. The topological polar surface area (TPSA) is 38.5 Å². The fraction of sp³-hybridized carbons (Fsp3) is 0.667. The van der Waals surface area contributed by atoms with Gasteiger partial charge in [0, 0.05) is 25.2 Å². The molecule has 1 aliphatic carbocycles. The van der Waals surface area contributed by atoms with Crippen molar-refractivity contribution >= 4 is 0 Å². The lowest BCUT2D eigenvalue weighted by Gasteiger charge is -2.41. The molecule has 3 unspecified atom stereocenters. The number of nitrogens with two attached hydrogens (primary N) is 1. The van der Waals surface area contributed by atoms with Crippen LogP contribution in [-0.4, -0.2) is 37.2 Å². The molecular weight excluding hydrogens is 260 g/mol. The zero-order valence-electron chi connectivity index (χ0n) is 13.3. The first-order valence-corrected chi connectivity index (χ1v) is 8.34. The second kappa shape index (κ2) is 6.37. The van der Waals surface area contributed by atoms with E-state index in [4.69, 9.17) is 10.5 Å². The molecule has 116 valence electrons. The molecule has 21 heavy (non-hydrogen) atoms. The molecule has 1 heterocycles. The van der Waals surface area contributed by atoms with Gasteiger partial charge in [0.05, 0.1) is 7.11 Å². The predicted molar refractivity (Wildman–Crippen MR) is 86.7 cm³/mol. The highest BCUT2D eigenvalue weighted by atomic mass is 16.5. The van der Waals surface area contributed by atoms with Gasteiger partial charge in [0.1, 0.15) is 5.75 Å². The zero-order chi connectivity index (χ0) is 14.8. The van der Waals surface area contributed by atoms with Gasteiger partial charge >= 0.3 is 0 Å². The summed E-state index contributed by atoms with van der Waals surface area (Å²) in [5, 5.41) is 0. The van der Waals surface area contributed by atoms with Crippen LogP contribution < -0.4 is 10.5 Å². The van der Waals surface area contributed by atoms with Crippen molar-refractivity contribution in [2.45, 2.75) is 50.6 Å². The van der Waals surface area contributed by atoms with E-state index >= 15 is 0 Å². The smallest absolute Gasteiger partial charge is 0.118 e. The van der Waals surface area contributed by atoms with Gasteiger partial charge in [-0.25, -0.2) is 0 Å². The third-order valence-corrected chi connectivity index (χ3v) is 5.15. The summed E-state index contributed by atoms with van der Waals surface area (Å²) in [6.07, 6.45) is 5.19. The highest BCUT2D eigenvalue weighted by Gasteiger charge is 2.37. The molecule has 0 aromatic heterocycles. The standard InChI is InChI=1S/C18H28N2O/c1-3-18(14-4-5-14)20-11-15(10-16(19)12-20)13-6-8-17(21-2)9-7-13/h6-9,14-16,18H,3-5,10-12,19H2,1-2H3. The van der Waals surface area contributed by atoms with Crippen molar-refractivity contribution in [2.24, 2.45) is 11.7 Å². The Bertz CT molecular complexity index is 455. The predicted octanol–water partition coefficient (Wildman–Crippen LogP) is 3.00. The zero-order valence-corrected chi connectivity index (χ0v) is 13.3. The molecule has 3 atom stereocenters. The number of hydrogen-bond donors (Lipinski definition) is 1. The third-order valence-electron chi connectivity index (χ3n) is 5.15. The lowest BCUT2D eigenvalue weighted by Crippen LogP contribution is -2.50. The molecule has 2 N–H and O–H groups in total. The van der Waals surface area contributed by atoms with E-state index in [1.165, 1.54) is 24.8 Å². The number of benzene rings is 1. The summed E-state index contributed by atoms with van der Waals surface area (Å²) in [5.41, 5.74) is 7.76. The maximum absolute atomic E-state index is 6.36. The second-order valence-electron chi connectivity index (χ2n) is 6.73. The van der Waals surface area contributed by atoms with Crippen LogP contribution >= 0.6 is 0 Å². The fourth-order valence-corrected chi connectivity index (χ4v) is 3.93. The highest BCUT2D eigenvalue weighted by Crippen LogP contribution is 2.39. The molecule has 1 aromatic carbocycles. The monoisotopic (exact) mass is 288 g/mol. The van der Waals surface area contributed by atoms with Gasteiger partial charge in [0.2, 0.25) is 0 Å². The molecule has 0 radical (unpaired) electrons. The first kappa shape index (κ1) is 14.9. The summed E-state index contributed by atoms with van der Waals surface area (Å²) in [4.78, 5) is 2.67. The van der Waals surface area contributed by atoms with Crippen LogP contribution in [0.1, 0.15) is 44.1 Å². The molecule has 2 aliphatic rings.